The molecule has 0 aliphatic carbocycles. The highest BCUT2D eigenvalue weighted by atomic mass is 79.9. The Morgan fingerprint density at radius 1 is 1.50 bits per heavy atom. The molecule has 0 radical (unpaired) electrons. The lowest BCUT2D eigenvalue weighted by molar-refractivity contribution is 0.555. The number of aromatic nitrogens is 3. The number of thiophene rings is 1. The smallest absolute Gasteiger partial charge is 0.153 e. The van der Waals surface area contributed by atoms with Gasteiger partial charge < -0.3 is 5.32 Å². The predicted molar refractivity (Wildman–Crippen MR) is 80.9 cm³/mol. The van der Waals surface area contributed by atoms with Gasteiger partial charge in [0.05, 0.1) is 11.7 Å². The highest BCUT2D eigenvalue weighted by molar-refractivity contribution is 9.10. The maximum Gasteiger partial charge on any atom is 0.153 e. The first kappa shape index (κ1) is 14.2. The lowest BCUT2D eigenvalue weighted by Gasteiger charge is -2.17. The molecule has 2 heterocycles. The fourth-order valence-electron chi connectivity index (χ4n) is 1.75. The molecule has 0 amide bonds. The number of nitrogens with zero attached hydrogens (tertiary/aromatic N) is 3. The quantitative estimate of drug-likeness (QED) is 0.845. The van der Waals surface area contributed by atoms with E-state index in [2.05, 4.69) is 65.9 Å². The van der Waals surface area contributed by atoms with Gasteiger partial charge in [-0.05, 0) is 50.9 Å². The van der Waals surface area contributed by atoms with Crippen LogP contribution in [0.25, 0.3) is 0 Å². The molecule has 0 bridgehead atoms. The van der Waals surface area contributed by atoms with Crippen LogP contribution in [0.15, 0.2) is 20.5 Å². The molecule has 7 heteroatoms. The Labute approximate surface area is 127 Å². The first-order valence-electron chi connectivity index (χ1n) is 5.65. The van der Waals surface area contributed by atoms with Crippen LogP contribution < -0.4 is 5.32 Å². The Morgan fingerprint density at radius 3 is 2.78 bits per heavy atom. The monoisotopic (exact) mass is 392 g/mol. The van der Waals surface area contributed by atoms with Crippen LogP contribution >= 0.6 is 43.2 Å². The molecule has 2 rings (SSSR count). The van der Waals surface area contributed by atoms with Crippen LogP contribution in [0, 0.1) is 0 Å². The summed E-state index contributed by atoms with van der Waals surface area (Å²) in [4.78, 5) is 1.25. The summed E-state index contributed by atoms with van der Waals surface area (Å²) in [6, 6.07) is 2.26. The standard InChI is InChI=1S/C11H14Br2N4S/c1-3-4-14-9(8-5-7(12)6-18-8)10-11(13)15-16-17(10)2/h5-6,9,14H,3-4H2,1-2H3. The number of hydrogen-bond acceptors (Lipinski definition) is 4. The van der Waals surface area contributed by atoms with E-state index in [1.807, 2.05) is 11.7 Å². The molecule has 2 aromatic rings. The molecule has 0 saturated heterocycles. The van der Waals surface area contributed by atoms with E-state index in [0.717, 1.165) is 27.7 Å². The lowest BCUT2D eigenvalue weighted by Crippen LogP contribution is -2.24. The van der Waals surface area contributed by atoms with Gasteiger partial charge in [-0.1, -0.05) is 12.1 Å². The molecular formula is C11H14Br2N4S. The van der Waals surface area contributed by atoms with Crippen LogP contribution in [0.2, 0.25) is 0 Å². The van der Waals surface area contributed by atoms with E-state index in [4.69, 9.17) is 0 Å². The lowest BCUT2D eigenvalue weighted by atomic mass is 10.1. The zero-order chi connectivity index (χ0) is 13.1. The van der Waals surface area contributed by atoms with Gasteiger partial charge in [0.2, 0.25) is 0 Å². The van der Waals surface area contributed by atoms with Crippen molar-refractivity contribution in [3.63, 3.8) is 0 Å². The van der Waals surface area contributed by atoms with Crippen molar-refractivity contribution < 1.29 is 0 Å². The number of hydrogen-bond donors (Lipinski definition) is 1. The molecule has 1 unspecified atom stereocenters. The summed E-state index contributed by atoms with van der Waals surface area (Å²) in [6.07, 6.45) is 1.09. The van der Waals surface area contributed by atoms with Crippen LogP contribution in [0.5, 0.6) is 0 Å². The first-order valence-corrected chi connectivity index (χ1v) is 8.12. The third kappa shape index (κ3) is 3.01. The summed E-state index contributed by atoms with van der Waals surface area (Å²) in [5.41, 5.74) is 1.05. The first-order chi connectivity index (χ1) is 8.63. The van der Waals surface area contributed by atoms with Crippen LogP contribution in [0.4, 0.5) is 0 Å². The second-order valence-corrected chi connectivity index (χ2v) is 6.55. The van der Waals surface area contributed by atoms with E-state index in [0.29, 0.717) is 0 Å². The molecule has 0 aromatic carbocycles. The zero-order valence-corrected chi connectivity index (χ0v) is 14.1. The summed E-state index contributed by atoms with van der Waals surface area (Å²) < 4.78 is 3.71. The Morgan fingerprint density at radius 2 is 2.28 bits per heavy atom. The molecule has 0 spiro atoms. The van der Waals surface area contributed by atoms with E-state index < -0.39 is 0 Å². The average Bonchev–Trinajstić information content (AvgIpc) is 2.90. The Hall–Kier alpha value is -0.240. The van der Waals surface area contributed by atoms with Gasteiger partial charge in [0.25, 0.3) is 0 Å². The van der Waals surface area contributed by atoms with Crippen molar-refractivity contribution in [1.29, 1.82) is 0 Å². The molecule has 1 N–H and O–H groups in total. The number of aryl methyl sites for hydroxylation is 1. The van der Waals surface area contributed by atoms with Gasteiger partial charge in [0.1, 0.15) is 0 Å². The van der Waals surface area contributed by atoms with Crippen molar-refractivity contribution in [2.45, 2.75) is 19.4 Å². The van der Waals surface area contributed by atoms with Gasteiger partial charge in [0, 0.05) is 21.8 Å². The number of halogens is 2. The predicted octanol–water partition coefficient (Wildman–Crippen LogP) is 3.49. The summed E-state index contributed by atoms with van der Waals surface area (Å²) in [5, 5.41) is 13.7. The van der Waals surface area contributed by atoms with Crippen molar-refractivity contribution in [2.75, 3.05) is 6.54 Å². The highest BCUT2D eigenvalue weighted by Crippen LogP contribution is 2.32. The topological polar surface area (TPSA) is 42.7 Å². The van der Waals surface area contributed by atoms with Crippen molar-refractivity contribution in [3.8, 4) is 0 Å². The Balaban J connectivity index is 2.36. The van der Waals surface area contributed by atoms with Crippen LogP contribution in [-0.4, -0.2) is 21.5 Å². The van der Waals surface area contributed by atoms with Gasteiger partial charge in [-0.3, -0.25) is 0 Å². The van der Waals surface area contributed by atoms with Gasteiger partial charge >= 0.3 is 0 Å². The minimum Gasteiger partial charge on any atom is -0.304 e. The molecule has 4 nitrogen and oxygen atoms in total. The molecular weight excluding hydrogens is 380 g/mol. The minimum absolute atomic E-state index is 0.121. The summed E-state index contributed by atoms with van der Waals surface area (Å²) >= 11 is 8.70. The molecule has 0 aliphatic heterocycles. The van der Waals surface area contributed by atoms with Crippen molar-refractivity contribution in [3.05, 3.63) is 31.1 Å². The molecule has 18 heavy (non-hydrogen) atoms. The summed E-state index contributed by atoms with van der Waals surface area (Å²) in [7, 11) is 1.91. The fourth-order valence-corrected chi connectivity index (χ4v) is 3.82. The van der Waals surface area contributed by atoms with Gasteiger partial charge in [-0.25, -0.2) is 4.68 Å². The molecule has 0 fully saturated rings. The maximum atomic E-state index is 4.06. The minimum atomic E-state index is 0.121. The second-order valence-electron chi connectivity index (χ2n) is 3.94. The average molecular weight is 394 g/mol. The molecule has 98 valence electrons. The molecule has 2 aromatic heterocycles. The third-order valence-electron chi connectivity index (χ3n) is 2.57. The summed E-state index contributed by atoms with van der Waals surface area (Å²) in [5.74, 6) is 0. The molecule has 0 aliphatic rings. The molecule has 0 saturated carbocycles. The summed E-state index contributed by atoms with van der Waals surface area (Å²) in [6.45, 7) is 3.11. The zero-order valence-electron chi connectivity index (χ0n) is 10.2. The van der Waals surface area contributed by atoms with Gasteiger partial charge in [-0.15, -0.1) is 16.4 Å². The number of nitrogens with one attached hydrogen (secondary N) is 1. The van der Waals surface area contributed by atoms with Crippen molar-refractivity contribution in [1.82, 2.24) is 20.3 Å². The SMILES string of the molecule is CCCNC(c1cc(Br)cs1)c1c(Br)nnn1C. The highest BCUT2D eigenvalue weighted by Gasteiger charge is 2.22. The van der Waals surface area contributed by atoms with E-state index >= 15 is 0 Å². The van der Waals surface area contributed by atoms with E-state index in [1.54, 1.807) is 11.3 Å². The van der Waals surface area contributed by atoms with Gasteiger partial charge in [-0.2, -0.15) is 0 Å². The van der Waals surface area contributed by atoms with Crippen molar-refractivity contribution in [2.24, 2.45) is 7.05 Å². The third-order valence-corrected chi connectivity index (χ3v) is 4.89. The van der Waals surface area contributed by atoms with E-state index in [1.165, 1.54) is 4.88 Å². The number of rotatable bonds is 5. The van der Waals surface area contributed by atoms with Crippen LogP contribution in [0.3, 0.4) is 0 Å². The fraction of sp³-hybridized carbons (Fsp3) is 0.455. The second kappa shape index (κ2) is 6.27. The normalized spacial score (nSPS) is 12.9. The van der Waals surface area contributed by atoms with Crippen molar-refractivity contribution >= 4 is 43.2 Å². The largest absolute Gasteiger partial charge is 0.304 e. The Bertz CT molecular complexity index is 503. The van der Waals surface area contributed by atoms with Crippen LogP contribution in [0.1, 0.15) is 30.0 Å². The van der Waals surface area contributed by atoms with Gasteiger partial charge in [0.15, 0.2) is 4.60 Å². The van der Waals surface area contributed by atoms with E-state index in [-0.39, 0.29) is 6.04 Å². The maximum absolute atomic E-state index is 4.06. The van der Waals surface area contributed by atoms with E-state index in [9.17, 15) is 0 Å². The van der Waals surface area contributed by atoms with Crippen LogP contribution in [-0.2, 0) is 7.05 Å². The Kier molecular flexibility index (Phi) is 4.94. The molecule has 1 atom stereocenters.